The Bertz CT molecular complexity index is 532. The van der Waals surface area contributed by atoms with E-state index in [0.717, 1.165) is 0 Å². The van der Waals surface area contributed by atoms with Crippen molar-refractivity contribution in [1.29, 1.82) is 0 Å². The van der Waals surface area contributed by atoms with Gasteiger partial charge in [0.05, 0.1) is 5.56 Å². The van der Waals surface area contributed by atoms with Crippen LogP contribution in [0.3, 0.4) is 0 Å². The summed E-state index contributed by atoms with van der Waals surface area (Å²) in [5, 5.41) is 0. The number of hydrogen-bond donors (Lipinski definition) is 0. The summed E-state index contributed by atoms with van der Waals surface area (Å²) in [6.07, 6.45) is 1.72. The van der Waals surface area contributed by atoms with E-state index in [0.29, 0.717) is 16.9 Å². The van der Waals surface area contributed by atoms with Crippen molar-refractivity contribution in [1.82, 2.24) is 0 Å². The predicted molar refractivity (Wildman–Crippen MR) is 61.5 cm³/mol. The fourth-order valence-electron chi connectivity index (χ4n) is 1.31. The van der Waals surface area contributed by atoms with Gasteiger partial charge >= 0.3 is 5.97 Å². The molecule has 3 nitrogen and oxygen atoms in total. The summed E-state index contributed by atoms with van der Waals surface area (Å²) in [6.45, 7) is 0. The molecule has 0 heterocycles. The number of ether oxygens (including phenoxy) is 1. The third-order valence-electron chi connectivity index (χ3n) is 2.10. The van der Waals surface area contributed by atoms with Crippen LogP contribution in [-0.4, -0.2) is 12.3 Å². The fraction of sp³-hybridized carbons (Fsp3) is 0. The monoisotopic (exact) mass is 224 g/mol. The second-order valence-corrected chi connectivity index (χ2v) is 3.30. The van der Waals surface area contributed by atoms with Gasteiger partial charge in [-0.1, -0.05) is 30.3 Å². The van der Waals surface area contributed by atoms with Crippen LogP contribution in [0.4, 0.5) is 0 Å². The minimum atomic E-state index is -0.524. The molecule has 82 valence electrons. The average molecular weight is 224 g/mol. The highest BCUT2D eigenvalue weighted by Gasteiger charge is 2.08. The molecule has 0 aromatic heterocycles. The summed E-state index contributed by atoms with van der Waals surface area (Å²) in [5.41, 5.74) is 0.625. The third-order valence-corrected chi connectivity index (χ3v) is 2.10. The molecule has 0 aliphatic rings. The molecule has 0 spiro atoms. The summed E-state index contributed by atoms with van der Waals surface area (Å²) in [4.78, 5) is 22.2. The van der Waals surface area contributed by atoms with Gasteiger partial charge in [-0.2, -0.15) is 0 Å². The second-order valence-electron chi connectivity index (χ2n) is 3.30. The van der Waals surface area contributed by atoms with Crippen molar-refractivity contribution < 1.29 is 14.3 Å². The number of hydrogen-bond acceptors (Lipinski definition) is 3. The lowest BCUT2D eigenvalue weighted by molar-refractivity contribution is 0.0734. The van der Waals surface area contributed by atoms with Crippen LogP contribution in [0.5, 0.6) is 5.75 Å². The van der Waals surface area contributed by atoms with Gasteiger partial charge < -0.3 is 4.74 Å². The van der Waals surface area contributed by atoms with Crippen molar-refractivity contribution in [2.75, 3.05) is 0 Å². The van der Waals surface area contributed by atoms with Gasteiger partial charge in [0, 0.05) is 11.6 Å². The van der Waals surface area contributed by atoms with E-state index in [1.54, 1.807) is 48.8 Å². The minimum absolute atomic E-state index is 0.308. The molecule has 0 saturated heterocycles. The Hall–Kier alpha value is -2.42. The SMILES string of the molecule is O=[C]c1cccc(C(=O)Oc2[c]cccc2)c1. The van der Waals surface area contributed by atoms with Crippen LogP contribution in [0.25, 0.3) is 0 Å². The second kappa shape index (κ2) is 5.07. The minimum Gasteiger partial charge on any atom is -0.422 e. The van der Waals surface area contributed by atoms with E-state index in [-0.39, 0.29) is 0 Å². The molecule has 0 bridgehead atoms. The topological polar surface area (TPSA) is 43.4 Å². The first-order valence-electron chi connectivity index (χ1n) is 4.97. The van der Waals surface area contributed by atoms with Crippen LogP contribution in [0.2, 0.25) is 0 Å². The van der Waals surface area contributed by atoms with Crippen molar-refractivity contribution in [3.05, 3.63) is 65.7 Å². The molecule has 0 atom stereocenters. The number of rotatable bonds is 3. The van der Waals surface area contributed by atoms with Crippen molar-refractivity contribution in [2.45, 2.75) is 0 Å². The molecule has 0 amide bonds. The first-order valence-corrected chi connectivity index (χ1v) is 4.97. The molecular weight excluding hydrogens is 216 g/mol. The molecule has 0 N–H and O–H groups in total. The Morgan fingerprint density at radius 1 is 1.18 bits per heavy atom. The van der Waals surface area contributed by atoms with Crippen molar-refractivity contribution >= 4 is 12.3 Å². The van der Waals surface area contributed by atoms with Crippen molar-refractivity contribution in [3.63, 3.8) is 0 Å². The molecule has 2 aromatic carbocycles. The zero-order chi connectivity index (χ0) is 12.1. The van der Waals surface area contributed by atoms with Crippen LogP contribution >= 0.6 is 0 Å². The predicted octanol–water partition coefficient (Wildman–Crippen LogP) is 2.16. The summed E-state index contributed by atoms with van der Waals surface area (Å²) in [5.74, 6) is -0.178. The van der Waals surface area contributed by atoms with Gasteiger partial charge in [-0.3, -0.25) is 4.79 Å². The van der Waals surface area contributed by atoms with Gasteiger partial charge in [0.25, 0.3) is 0 Å². The summed E-state index contributed by atoms with van der Waals surface area (Å²) in [7, 11) is 0. The third kappa shape index (κ3) is 2.78. The normalized spacial score (nSPS) is 9.65. The van der Waals surface area contributed by atoms with Gasteiger partial charge in [0.2, 0.25) is 6.29 Å². The average Bonchev–Trinajstić information content (AvgIpc) is 2.40. The maximum atomic E-state index is 11.7. The van der Waals surface area contributed by atoms with E-state index in [4.69, 9.17) is 4.74 Å². The van der Waals surface area contributed by atoms with Crippen LogP contribution < -0.4 is 4.74 Å². The number of carbonyl (C=O) groups is 1. The first-order chi connectivity index (χ1) is 8.29. The number of benzene rings is 2. The molecule has 2 radical (unpaired) electrons. The van der Waals surface area contributed by atoms with E-state index < -0.39 is 5.97 Å². The van der Waals surface area contributed by atoms with Crippen LogP contribution in [0.1, 0.15) is 15.9 Å². The van der Waals surface area contributed by atoms with Crippen LogP contribution in [-0.2, 0) is 4.79 Å². The van der Waals surface area contributed by atoms with E-state index in [2.05, 4.69) is 6.07 Å². The van der Waals surface area contributed by atoms with Gasteiger partial charge in [-0.15, -0.1) is 0 Å². The van der Waals surface area contributed by atoms with Gasteiger partial charge in [0.15, 0.2) is 0 Å². The largest absolute Gasteiger partial charge is 0.422 e. The fourth-order valence-corrected chi connectivity index (χ4v) is 1.31. The Labute approximate surface area is 98.7 Å². The quantitative estimate of drug-likeness (QED) is 0.592. The lowest BCUT2D eigenvalue weighted by atomic mass is 10.1. The van der Waals surface area contributed by atoms with E-state index >= 15 is 0 Å². The first kappa shape index (κ1) is 11.1. The van der Waals surface area contributed by atoms with Crippen molar-refractivity contribution in [3.8, 4) is 5.75 Å². The van der Waals surface area contributed by atoms with E-state index in [1.807, 2.05) is 0 Å². The molecule has 0 unspecified atom stereocenters. The molecule has 2 rings (SSSR count). The van der Waals surface area contributed by atoms with Gasteiger partial charge in [0.1, 0.15) is 5.75 Å². The standard InChI is InChI=1S/C14H8O3/c15-10-11-5-4-6-12(9-11)14(16)17-13-7-2-1-3-8-13/h1-7,9H. The molecule has 0 fully saturated rings. The van der Waals surface area contributed by atoms with Crippen molar-refractivity contribution in [2.24, 2.45) is 0 Å². The summed E-state index contributed by atoms with van der Waals surface area (Å²) < 4.78 is 5.08. The van der Waals surface area contributed by atoms with Gasteiger partial charge in [-0.05, 0) is 18.2 Å². The molecule has 0 saturated carbocycles. The highest BCUT2D eigenvalue weighted by Crippen LogP contribution is 2.11. The summed E-state index contributed by atoms with van der Waals surface area (Å²) in [6, 6.07) is 15.8. The number of carbonyl (C=O) groups excluding carboxylic acids is 2. The molecule has 3 heteroatoms. The Kier molecular flexibility index (Phi) is 3.31. The molecule has 0 aliphatic carbocycles. The molecule has 2 aromatic rings. The van der Waals surface area contributed by atoms with Gasteiger partial charge in [-0.25, -0.2) is 4.79 Å². The Balaban J connectivity index is 2.17. The lowest BCUT2D eigenvalue weighted by Crippen LogP contribution is -2.08. The maximum Gasteiger partial charge on any atom is 0.343 e. The van der Waals surface area contributed by atoms with E-state index in [9.17, 15) is 9.59 Å². The maximum absolute atomic E-state index is 11.7. The molecular formula is C14H8O3. The zero-order valence-corrected chi connectivity index (χ0v) is 8.84. The zero-order valence-electron chi connectivity index (χ0n) is 8.84. The van der Waals surface area contributed by atoms with Crippen LogP contribution in [0, 0.1) is 6.07 Å². The lowest BCUT2D eigenvalue weighted by Gasteiger charge is -2.03. The smallest absolute Gasteiger partial charge is 0.343 e. The van der Waals surface area contributed by atoms with E-state index in [1.165, 1.54) is 6.07 Å². The summed E-state index contributed by atoms with van der Waals surface area (Å²) >= 11 is 0. The molecule has 0 aliphatic heterocycles. The number of para-hydroxylation sites is 1. The highest BCUT2D eigenvalue weighted by atomic mass is 16.5. The Morgan fingerprint density at radius 2 is 2.06 bits per heavy atom. The number of esters is 1. The van der Waals surface area contributed by atoms with Crippen LogP contribution in [0.15, 0.2) is 48.5 Å². The molecule has 17 heavy (non-hydrogen) atoms. The highest BCUT2D eigenvalue weighted by molar-refractivity contribution is 5.93. The Morgan fingerprint density at radius 3 is 2.76 bits per heavy atom.